The first kappa shape index (κ1) is 12.4. The van der Waals surface area contributed by atoms with E-state index in [9.17, 15) is 0 Å². The molecule has 94 valence electrons. The molecule has 1 saturated heterocycles. The third-order valence-corrected chi connectivity index (χ3v) is 5.59. The Bertz CT molecular complexity index is 232. The molecular formula is C15H29N. The third-order valence-electron chi connectivity index (χ3n) is 5.59. The van der Waals surface area contributed by atoms with Gasteiger partial charge in [-0.3, -0.25) is 0 Å². The molecule has 1 nitrogen and oxygen atoms in total. The van der Waals surface area contributed by atoms with Gasteiger partial charge >= 0.3 is 0 Å². The molecule has 16 heavy (non-hydrogen) atoms. The normalized spacial score (nSPS) is 46.9. The molecule has 1 N–H and O–H groups in total. The number of rotatable bonds is 1. The van der Waals surface area contributed by atoms with Crippen molar-refractivity contribution in [2.75, 3.05) is 0 Å². The van der Waals surface area contributed by atoms with E-state index in [0.29, 0.717) is 11.6 Å². The predicted molar refractivity (Wildman–Crippen MR) is 70.5 cm³/mol. The summed E-state index contributed by atoms with van der Waals surface area (Å²) >= 11 is 0. The molecule has 0 spiro atoms. The Morgan fingerprint density at radius 2 is 1.62 bits per heavy atom. The first-order valence-corrected chi connectivity index (χ1v) is 7.31. The largest absolute Gasteiger partial charge is 0.308 e. The van der Waals surface area contributed by atoms with Crippen LogP contribution in [0.15, 0.2) is 0 Å². The van der Waals surface area contributed by atoms with Crippen LogP contribution < -0.4 is 5.32 Å². The third kappa shape index (κ3) is 2.16. The maximum absolute atomic E-state index is 3.96. The van der Waals surface area contributed by atoms with Gasteiger partial charge in [0.05, 0.1) is 0 Å². The minimum atomic E-state index is 0.409. The SMILES string of the molecule is CC1CC(C)C(C)(C2CCCCC2)NC1C. The fourth-order valence-electron chi connectivity index (χ4n) is 4.00. The zero-order valence-corrected chi connectivity index (χ0v) is 11.6. The maximum Gasteiger partial charge on any atom is 0.0209 e. The highest BCUT2D eigenvalue weighted by molar-refractivity contribution is 5.01. The fourth-order valence-corrected chi connectivity index (χ4v) is 4.00. The summed E-state index contributed by atoms with van der Waals surface area (Å²) < 4.78 is 0. The lowest BCUT2D eigenvalue weighted by atomic mass is 9.64. The Morgan fingerprint density at radius 3 is 2.25 bits per heavy atom. The van der Waals surface area contributed by atoms with Gasteiger partial charge in [0.15, 0.2) is 0 Å². The first-order valence-electron chi connectivity index (χ1n) is 7.31. The lowest BCUT2D eigenvalue weighted by Gasteiger charge is -2.52. The minimum absolute atomic E-state index is 0.409. The average molecular weight is 223 g/mol. The van der Waals surface area contributed by atoms with Crippen molar-refractivity contribution in [1.82, 2.24) is 5.32 Å². The second kappa shape index (κ2) is 4.68. The zero-order chi connectivity index (χ0) is 11.8. The molecule has 4 atom stereocenters. The number of piperidine rings is 1. The van der Waals surface area contributed by atoms with Crippen molar-refractivity contribution in [3.8, 4) is 0 Å². The molecule has 1 heteroatoms. The van der Waals surface area contributed by atoms with Crippen LogP contribution in [0.3, 0.4) is 0 Å². The monoisotopic (exact) mass is 223 g/mol. The summed E-state index contributed by atoms with van der Waals surface area (Å²) in [6.45, 7) is 9.73. The second-order valence-electron chi connectivity index (χ2n) is 6.66. The Labute approximate surface area is 101 Å². The van der Waals surface area contributed by atoms with Gasteiger partial charge in [-0.25, -0.2) is 0 Å². The summed E-state index contributed by atoms with van der Waals surface area (Å²) in [6, 6.07) is 0.697. The number of hydrogen-bond donors (Lipinski definition) is 1. The Kier molecular flexibility index (Phi) is 3.63. The number of hydrogen-bond acceptors (Lipinski definition) is 1. The van der Waals surface area contributed by atoms with E-state index in [1.807, 2.05) is 0 Å². The lowest BCUT2D eigenvalue weighted by molar-refractivity contribution is 0.0451. The summed E-state index contributed by atoms with van der Waals surface area (Å²) in [5.41, 5.74) is 0.409. The zero-order valence-electron chi connectivity index (χ0n) is 11.6. The average Bonchev–Trinajstić information content (AvgIpc) is 2.28. The fraction of sp³-hybridized carbons (Fsp3) is 1.00. The van der Waals surface area contributed by atoms with Crippen molar-refractivity contribution in [1.29, 1.82) is 0 Å². The highest BCUT2D eigenvalue weighted by Gasteiger charge is 2.44. The van der Waals surface area contributed by atoms with Crippen molar-refractivity contribution in [3.63, 3.8) is 0 Å². The van der Waals surface area contributed by atoms with Gasteiger partial charge in [0.1, 0.15) is 0 Å². The Hall–Kier alpha value is -0.0400. The van der Waals surface area contributed by atoms with E-state index < -0.39 is 0 Å². The Morgan fingerprint density at radius 1 is 1.00 bits per heavy atom. The van der Waals surface area contributed by atoms with Gasteiger partial charge in [0.2, 0.25) is 0 Å². The molecule has 1 heterocycles. The van der Waals surface area contributed by atoms with Crippen molar-refractivity contribution in [2.24, 2.45) is 17.8 Å². The highest BCUT2D eigenvalue weighted by Crippen LogP contribution is 2.42. The van der Waals surface area contributed by atoms with Crippen LogP contribution in [0.2, 0.25) is 0 Å². The molecular weight excluding hydrogens is 194 g/mol. The van der Waals surface area contributed by atoms with Gasteiger partial charge < -0.3 is 5.32 Å². The summed E-state index contributed by atoms with van der Waals surface area (Å²) in [5.74, 6) is 2.60. The van der Waals surface area contributed by atoms with Crippen molar-refractivity contribution < 1.29 is 0 Å². The topological polar surface area (TPSA) is 12.0 Å². The van der Waals surface area contributed by atoms with E-state index in [4.69, 9.17) is 0 Å². The molecule has 0 aromatic carbocycles. The summed E-state index contributed by atoms with van der Waals surface area (Å²) in [5, 5.41) is 3.96. The van der Waals surface area contributed by atoms with Crippen LogP contribution in [-0.4, -0.2) is 11.6 Å². The van der Waals surface area contributed by atoms with Gasteiger partial charge in [-0.05, 0) is 50.9 Å². The first-order chi connectivity index (χ1) is 7.54. The smallest absolute Gasteiger partial charge is 0.0209 e. The molecule has 1 aliphatic carbocycles. The minimum Gasteiger partial charge on any atom is -0.308 e. The van der Waals surface area contributed by atoms with E-state index in [1.165, 1.54) is 38.5 Å². The molecule has 1 aliphatic heterocycles. The van der Waals surface area contributed by atoms with E-state index in [2.05, 4.69) is 33.0 Å². The van der Waals surface area contributed by atoms with Crippen LogP contribution in [0.1, 0.15) is 66.2 Å². The van der Waals surface area contributed by atoms with E-state index in [1.54, 1.807) is 0 Å². The van der Waals surface area contributed by atoms with Crippen molar-refractivity contribution in [2.45, 2.75) is 77.8 Å². The van der Waals surface area contributed by atoms with Crippen LogP contribution in [0.4, 0.5) is 0 Å². The van der Waals surface area contributed by atoms with Gasteiger partial charge in [-0.1, -0.05) is 33.1 Å². The Balaban J connectivity index is 2.09. The van der Waals surface area contributed by atoms with Crippen LogP contribution in [0.25, 0.3) is 0 Å². The van der Waals surface area contributed by atoms with Crippen LogP contribution in [0, 0.1) is 17.8 Å². The summed E-state index contributed by atoms with van der Waals surface area (Å²) in [7, 11) is 0. The molecule has 1 saturated carbocycles. The molecule has 0 aromatic rings. The van der Waals surface area contributed by atoms with Gasteiger partial charge in [0, 0.05) is 11.6 Å². The van der Waals surface area contributed by atoms with Crippen molar-refractivity contribution in [3.05, 3.63) is 0 Å². The molecule has 0 bridgehead atoms. The second-order valence-corrected chi connectivity index (χ2v) is 6.66. The predicted octanol–water partition coefficient (Wildman–Crippen LogP) is 3.98. The van der Waals surface area contributed by atoms with Crippen molar-refractivity contribution >= 4 is 0 Å². The molecule has 0 amide bonds. The van der Waals surface area contributed by atoms with Crippen LogP contribution >= 0.6 is 0 Å². The molecule has 0 aromatic heterocycles. The van der Waals surface area contributed by atoms with Crippen LogP contribution in [0.5, 0.6) is 0 Å². The molecule has 0 radical (unpaired) electrons. The molecule has 2 fully saturated rings. The van der Waals surface area contributed by atoms with E-state index in [-0.39, 0.29) is 0 Å². The van der Waals surface area contributed by atoms with Gasteiger partial charge in [-0.15, -0.1) is 0 Å². The van der Waals surface area contributed by atoms with E-state index in [0.717, 1.165) is 17.8 Å². The molecule has 4 unspecified atom stereocenters. The summed E-state index contributed by atoms with van der Waals surface area (Å²) in [4.78, 5) is 0. The number of nitrogens with one attached hydrogen (secondary N) is 1. The summed E-state index contributed by atoms with van der Waals surface area (Å²) in [6.07, 6.45) is 8.69. The van der Waals surface area contributed by atoms with E-state index >= 15 is 0 Å². The van der Waals surface area contributed by atoms with Gasteiger partial charge in [-0.2, -0.15) is 0 Å². The van der Waals surface area contributed by atoms with Gasteiger partial charge in [0.25, 0.3) is 0 Å². The van der Waals surface area contributed by atoms with Crippen LogP contribution in [-0.2, 0) is 0 Å². The standard InChI is InChI=1S/C15H29N/c1-11-10-12(2)15(4,16-13(11)3)14-8-6-5-7-9-14/h11-14,16H,5-10H2,1-4H3. The lowest BCUT2D eigenvalue weighted by Crippen LogP contribution is -2.62. The quantitative estimate of drug-likeness (QED) is 0.709. The molecule has 2 rings (SSSR count). The highest BCUT2D eigenvalue weighted by atomic mass is 15.0. The maximum atomic E-state index is 3.96. The molecule has 2 aliphatic rings.